The molecule has 0 unspecified atom stereocenters. The number of unbranched alkanes of at least 4 members (excludes halogenated alkanes) is 2. The summed E-state index contributed by atoms with van der Waals surface area (Å²) >= 11 is 0. The van der Waals surface area contributed by atoms with Gasteiger partial charge in [0.1, 0.15) is 0 Å². The maximum atomic E-state index is 12.6. The third kappa shape index (κ3) is 6.49. The molecule has 0 aliphatic heterocycles. The highest BCUT2D eigenvalue weighted by Crippen LogP contribution is 2.21. The highest BCUT2D eigenvalue weighted by Gasteiger charge is 2.19. The van der Waals surface area contributed by atoms with Gasteiger partial charge in [-0.2, -0.15) is 0 Å². The van der Waals surface area contributed by atoms with E-state index in [2.05, 4.69) is 15.4 Å². The molecule has 1 amide bonds. The molecule has 0 bridgehead atoms. The van der Waals surface area contributed by atoms with Crippen molar-refractivity contribution in [3.8, 4) is 17.1 Å². The van der Waals surface area contributed by atoms with Gasteiger partial charge in [-0.3, -0.25) is 9.59 Å². The summed E-state index contributed by atoms with van der Waals surface area (Å²) in [5.74, 6) is -1.13. The van der Waals surface area contributed by atoms with E-state index < -0.39 is 17.8 Å². The average molecular weight is 450 g/mol. The number of rotatable bonds is 11. The van der Waals surface area contributed by atoms with Crippen molar-refractivity contribution in [2.45, 2.75) is 32.6 Å². The molecule has 0 radical (unpaired) electrons. The predicted molar refractivity (Wildman–Crippen MR) is 121 cm³/mol. The first-order chi connectivity index (χ1) is 16.0. The van der Waals surface area contributed by atoms with Crippen LogP contribution in [-0.4, -0.2) is 50.9 Å². The Labute approximate surface area is 191 Å². The number of carbonyl (C=O) groups is 3. The highest BCUT2D eigenvalue weighted by molar-refractivity contribution is 5.91. The summed E-state index contributed by atoms with van der Waals surface area (Å²) in [6.07, 6.45) is 2.06. The summed E-state index contributed by atoms with van der Waals surface area (Å²) in [7, 11) is 0. The van der Waals surface area contributed by atoms with Gasteiger partial charge in [0.25, 0.3) is 5.91 Å². The van der Waals surface area contributed by atoms with Crippen molar-refractivity contribution in [1.29, 1.82) is 0 Å². The molecule has 0 aliphatic rings. The zero-order valence-corrected chi connectivity index (χ0v) is 18.4. The van der Waals surface area contributed by atoms with Crippen LogP contribution in [0.25, 0.3) is 17.1 Å². The smallest absolute Gasteiger partial charge is 0.338 e. The molecule has 0 atom stereocenters. The van der Waals surface area contributed by atoms with Crippen molar-refractivity contribution < 1.29 is 24.2 Å². The standard InChI is InChI=1S/C24H26N4O5/c1-2-33-24(32)18-12-14-19(15-13-18)28-22(17-9-5-3-6-10-17)26-21(27-28)23(31)25-16-8-4-7-11-20(29)30/h3,5-6,9-10,12-15H,2,4,7-8,11,16H2,1H3,(H,25,31)(H,29,30). The molecule has 1 heterocycles. The predicted octanol–water partition coefficient (Wildman–Crippen LogP) is 3.49. The lowest BCUT2D eigenvalue weighted by atomic mass is 10.2. The van der Waals surface area contributed by atoms with Gasteiger partial charge in [0.05, 0.1) is 17.9 Å². The molecule has 2 aromatic carbocycles. The molecule has 1 aromatic heterocycles. The molecular weight excluding hydrogens is 424 g/mol. The lowest BCUT2D eigenvalue weighted by Crippen LogP contribution is -2.25. The van der Waals surface area contributed by atoms with E-state index in [-0.39, 0.29) is 12.2 Å². The molecule has 33 heavy (non-hydrogen) atoms. The molecule has 0 saturated carbocycles. The number of amides is 1. The van der Waals surface area contributed by atoms with E-state index in [0.29, 0.717) is 49.5 Å². The van der Waals surface area contributed by atoms with Crippen LogP contribution >= 0.6 is 0 Å². The van der Waals surface area contributed by atoms with Gasteiger partial charge in [-0.15, -0.1) is 5.10 Å². The zero-order valence-electron chi connectivity index (χ0n) is 18.4. The number of carboxylic acids is 1. The first kappa shape index (κ1) is 23.6. The molecule has 9 nitrogen and oxygen atoms in total. The molecule has 9 heteroatoms. The van der Waals surface area contributed by atoms with Gasteiger partial charge in [0, 0.05) is 18.5 Å². The fourth-order valence-electron chi connectivity index (χ4n) is 3.17. The Bertz CT molecular complexity index is 1090. The summed E-state index contributed by atoms with van der Waals surface area (Å²) in [6.45, 7) is 2.44. The second-order valence-corrected chi connectivity index (χ2v) is 7.26. The van der Waals surface area contributed by atoms with Crippen LogP contribution in [-0.2, 0) is 9.53 Å². The molecule has 3 aromatic rings. The third-order valence-electron chi connectivity index (χ3n) is 4.82. The Morgan fingerprint density at radius 1 is 1.00 bits per heavy atom. The molecule has 0 aliphatic carbocycles. The minimum Gasteiger partial charge on any atom is -0.481 e. The van der Waals surface area contributed by atoms with E-state index in [1.165, 1.54) is 0 Å². The molecular formula is C24H26N4O5. The summed E-state index contributed by atoms with van der Waals surface area (Å²) in [5, 5.41) is 15.9. The summed E-state index contributed by atoms with van der Waals surface area (Å²) in [4.78, 5) is 39.6. The number of ether oxygens (including phenoxy) is 1. The topological polar surface area (TPSA) is 123 Å². The second kappa shape index (κ2) is 11.6. The Kier molecular flexibility index (Phi) is 8.29. The van der Waals surface area contributed by atoms with Crippen LogP contribution in [0.2, 0.25) is 0 Å². The quantitative estimate of drug-likeness (QED) is 0.339. The van der Waals surface area contributed by atoms with E-state index >= 15 is 0 Å². The number of hydrogen-bond donors (Lipinski definition) is 2. The van der Waals surface area contributed by atoms with Gasteiger partial charge in [0.2, 0.25) is 5.82 Å². The fourth-order valence-corrected chi connectivity index (χ4v) is 3.17. The summed E-state index contributed by atoms with van der Waals surface area (Å²) < 4.78 is 6.58. The Morgan fingerprint density at radius 3 is 2.39 bits per heavy atom. The number of nitrogens with one attached hydrogen (secondary N) is 1. The van der Waals surface area contributed by atoms with Crippen LogP contribution < -0.4 is 5.32 Å². The van der Waals surface area contributed by atoms with Crippen LogP contribution in [0, 0.1) is 0 Å². The van der Waals surface area contributed by atoms with E-state index in [1.54, 1.807) is 35.9 Å². The first-order valence-corrected chi connectivity index (χ1v) is 10.8. The minimum atomic E-state index is -0.822. The van der Waals surface area contributed by atoms with Gasteiger partial charge in [0.15, 0.2) is 5.82 Å². The molecule has 0 spiro atoms. The van der Waals surface area contributed by atoms with E-state index in [1.807, 2.05) is 30.3 Å². The van der Waals surface area contributed by atoms with Crippen LogP contribution in [0.4, 0.5) is 0 Å². The van der Waals surface area contributed by atoms with Gasteiger partial charge < -0.3 is 15.2 Å². The van der Waals surface area contributed by atoms with Crippen molar-refractivity contribution in [2.75, 3.05) is 13.2 Å². The third-order valence-corrected chi connectivity index (χ3v) is 4.82. The number of aliphatic carboxylic acids is 1. The van der Waals surface area contributed by atoms with E-state index in [4.69, 9.17) is 9.84 Å². The molecule has 3 rings (SSSR count). The second-order valence-electron chi connectivity index (χ2n) is 7.26. The maximum Gasteiger partial charge on any atom is 0.338 e. The SMILES string of the molecule is CCOC(=O)c1ccc(-n2nc(C(=O)NCCCCCC(=O)O)nc2-c2ccccc2)cc1. The van der Waals surface area contributed by atoms with E-state index in [0.717, 1.165) is 5.56 Å². The van der Waals surface area contributed by atoms with Crippen LogP contribution in [0.1, 0.15) is 53.6 Å². The Hall–Kier alpha value is -4.01. The Balaban J connectivity index is 1.78. The number of benzene rings is 2. The van der Waals surface area contributed by atoms with E-state index in [9.17, 15) is 14.4 Å². The lowest BCUT2D eigenvalue weighted by Gasteiger charge is -2.07. The lowest BCUT2D eigenvalue weighted by molar-refractivity contribution is -0.137. The van der Waals surface area contributed by atoms with Crippen molar-refractivity contribution in [1.82, 2.24) is 20.1 Å². The summed E-state index contributed by atoms with van der Waals surface area (Å²) in [6, 6.07) is 16.1. The maximum absolute atomic E-state index is 12.6. The van der Waals surface area contributed by atoms with Crippen molar-refractivity contribution in [3.05, 3.63) is 66.0 Å². The molecule has 0 saturated heterocycles. The van der Waals surface area contributed by atoms with Crippen LogP contribution in [0.5, 0.6) is 0 Å². The minimum absolute atomic E-state index is 0.0221. The number of aromatic nitrogens is 3. The molecule has 2 N–H and O–H groups in total. The highest BCUT2D eigenvalue weighted by atomic mass is 16.5. The number of carbonyl (C=O) groups excluding carboxylic acids is 2. The average Bonchev–Trinajstić information content (AvgIpc) is 3.27. The van der Waals surface area contributed by atoms with Crippen molar-refractivity contribution in [2.24, 2.45) is 0 Å². The summed E-state index contributed by atoms with van der Waals surface area (Å²) in [5.41, 5.74) is 1.84. The number of hydrogen-bond acceptors (Lipinski definition) is 6. The fraction of sp³-hybridized carbons (Fsp3) is 0.292. The van der Waals surface area contributed by atoms with Gasteiger partial charge in [-0.25, -0.2) is 14.5 Å². The van der Waals surface area contributed by atoms with Crippen LogP contribution in [0.3, 0.4) is 0 Å². The van der Waals surface area contributed by atoms with Crippen molar-refractivity contribution in [3.63, 3.8) is 0 Å². The largest absolute Gasteiger partial charge is 0.481 e. The Morgan fingerprint density at radius 2 is 1.73 bits per heavy atom. The monoisotopic (exact) mass is 450 g/mol. The van der Waals surface area contributed by atoms with Gasteiger partial charge >= 0.3 is 11.9 Å². The number of esters is 1. The van der Waals surface area contributed by atoms with Gasteiger partial charge in [-0.1, -0.05) is 36.8 Å². The molecule has 0 fully saturated rings. The number of carboxylic acid groups (broad SMARTS) is 1. The van der Waals surface area contributed by atoms with Gasteiger partial charge in [-0.05, 0) is 44.0 Å². The van der Waals surface area contributed by atoms with Crippen LogP contribution in [0.15, 0.2) is 54.6 Å². The first-order valence-electron chi connectivity index (χ1n) is 10.8. The zero-order chi connectivity index (χ0) is 23.6. The number of nitrogens with zero attached hydrogens (tertiary/aromatic N) is 3. The normalized spacial score (nSPS) is 10.6. The molecule has 172 valence electrons. The van der Waals surface area contributed by atoms with Crippen molar-refractivity contribution >= 4 is 17.8 Å².